The Morgan fingerprint density at radius 2 is 1.00 bits per heavy atom. The van der Waals surface area contributed by atoms with Gasteiger partial charge in [0.15, 0.2) is 0 Å². The normalized spacial score (nSPS) is 24.0. The SMILES string of the molecule is C(COCCOCCCOCC1CO1)COCC1CO1. The van der Waals surface area contributed by atoms with Crippen molar-refractivity contribution in [3.05, 3.63) is 0 Å². The Balaban J connectivity index is 1.17. The first-order valence-corrected chi connectivity index (χ1v) is 7.49. The van der Waals surface area contributed by atoms with Gasteiger partial charge in [0, 0.05) is 26.4 Å². The van der Waals surface area contributed by atoms with Crippen LogP contribution < -0.4 is 0 Å². The third-order valence-corrected chi connectivity index (χ3v) is 2.94. The molecule has 2 unspecified atom stereocenters. The summed E-state index contributed by atoms with van der Waals surface area (Å²) in [4.78, 5) is 0. The van der Waals surface area contributed by atoms with Crippen LogP contribution in [0.25, 0.3) is 0 Å². The van der Waals surface area contributed by atoms with Crippen LogP contribution in [0.1, 0.15) is 12.8 Å². The van der Waals surface area contributed by atoms with E-state index in [1.54, 1.807) is 0 Å². The smallest absolute Gasteiger partial charge is 0.104 e. The maximum absolute atomic E-state index is 5.44. The summed E-state index contributed by atoms with van der Waals surface area (Å²) in [5.41, 5.74) is 0. The van der Waals surface area contributed by atoms with Crippen molar-refractivity contribution in [2.45, 2.75) is 25.0 Å². The van der Waals surface area contributed by atoms with E-state index in [1.165, 1.54) is 0 Å². The quantitative estimate of drug-likeness (QED) is 0.326. The molecule has 2 rings (SSSR count). The molecule has 2 heterocycles. The number of ether oxygens (including phenoxy) is 6. The summed E-state index contributed by atoms with van der Waals surface area (Å²) >= 11 is 0. The van der Waals surface area contributed by atoms with Gasteiger partial charge >= 0.3 is 0 Å². The van der Waals surface area contributed by atoms with Crippen molar-refractivity contribution in [3.63, 3.8) is 0 Å². The van der Waals surface area contributed by atoms with E-state index in [9.17, 15) is 0 Å². The Kier molecular flexibility index (Phi) is 8.46. The largest absolute Gasteiger partial charge is 0.379 e. The van der Waals surface area contributed by atoms with Gasteiger partial charge in [0.05, 0.1) is 39.6 Å². The predicted octanol–water partition coefficient (Wildman–Crippen LogP) is 0.631. The van der Waals surface area contributed by atoms with Crippen LogP contribution in [0.15, 0.2) is 0 Å². The van der Waals surface area contributed by atoms with Gasteiger partial charge in [-0.05, 0) is 12.8 Å². The summed E-state index contributed by atoms with van der Waals surface area (Å²) in [5, 5.41) is 0. The molecular weight excluding hydrogens is 264 g/mol. The zero-order valence-corrected chi connectivity index (χ0v) is 12.1. The van der Waals surface area contributed by atoms with E-state index in [0.717, 1.165) is 65.7 Å². The fraction of sp³-hybridized carbons (Fsp3) is 1.00. The number of hydrogen-bond donors (Lipinski definition) is 0. The van der Waals surface area contributed by atoms with Gasteiger partial charge in [-0.3, -0.25) is 0 Å². The summed E-state index contributed by atoms with van der Waals surface area (Å²) in [6.07, 6.45) is 2.54. The molecule has 0 N–H and O–H groups in total. The lowest BCUT2D eigenvalue weighted by molar-refractivity contribution is 0.0253. The highest BCUT2D eigenvalue weighted by Gasteiger charge is 2.22. The maximum Gasteiger partial charge on any atom is 0.104 e. The Morgan fingerprint density at radius 1 is 0.600 bits per heavy atom. The van der Waals surface area contributed by atoms with E-state index in [0.29, 0.717) is 25.4 Å². The second-order valence-electron chi connectivity index (χ2n) is 4.99. The van der Waals surface area contributed by atoms with E-state index in [1.807, 2.05) is 0 Å². The summed E-state index contributed by atoms with van der Waals surface area (Å²) in [6, 6.07) is 0. The van der Waals surface area contributed by atoms with Crippen molar-refractivity contribution in [1.29, 1.82) is 0 Å². The molecule has 20 heavy (non-hydrogen) atoms. The molecule has 0 saturated carbocycles. The molecule has 0 spiro atoms. The molecule has 0 aromatic carbocycles. The van der Waals surface area contributed by atoms with Crippen LogP contribution in [0.4, 0.5) is 0 Å². The first-order valence-electron chi connectivity index (χ1n) is 7.49. The molecule has 2 fully saturated rings. The zero-order chi connectivity index (χ0) is 13.9. The highest BCUT2D eigenvalue weighted by Crippen LogP contribution is 2.08. The minimum atomic E-state index is 0.352. The third kappa shape index (κ3) is 9.63. The van der Waals surface area contributed by atoms with Crippen LogP contribution in [0.5, 0.6) is 0 Å². The standard InChI is InChI=1S/C14H26O6/c1(5-17-9-13-11-19-13)3-15-7-8-16-4-2-6-18-10-14-12-20-14/h13-14H,1-12H2. The van der Waals surface area contributed by atoms with Crippen LogP contribution in [0, 0.1) is 0 Å². The third-order valence-electron chi connectivity index (χ3n) is 2.94. The molecule has 2 aliphatic rings. The van der Waals surface area contributed by atoms with E-state index < -0.39 is 0 Å². The highest BCUT2D eigenvalue weighted by atomic mass is 16.6. The molecular formula is C14H26O6. The van der Waals surface area contributed by atoms with Crippen LogP contribution in [0.2, 0.25) is 0 Å². The van der Waals surface area contributed by atoms with E-state index in [4.69, 9.17) is 28.4 Å². The van der Waals surface area contributed by atoms with Crippen LogP contribution in [-0.4, -0.2) is 78.3 Å². The van der Waals surface area contributed by atoms with E-state index >= 15 is 0 Å². The van der Waals surface area contributed by atoms with Crippen LogP contribution in [-0.2, 0) is 28.4 Å². The van der Waals surface area contributed by atoms with Crippen molar-refractivity contribution in [2.75, 3.05) is 66.1 Å². The number of hydrogen-bond acceptors (Lipinski definition) is 6. The fourth-order valence-electron chi connectivity index (χ4n) is 1.61. The highest BCUT2D eigenvalue weighted by molar-refractivity contribution is 4.67. The Labute approximate surface area is 120 Å². The van der Waals surface area contributed by atoms with Gasteiger partial charge < -0.3 is 28.4 Å². The van der Waals surface area contributed by atoms with Gasteiger partial charge in [-0.2, -0.15) is 0 Å². The summed E-state index contributed by atoms with van der Waals surface area (Å²) in [6.45, 7) is 7.35. The van der Waals surface area contributed by atoms with Crippen LogP contribution >= 0.6 is 0 Å². The molecule has 0 radical (unpaired) electrons. The minimum Gasteiger partial charge on any atom is -0.379 e. The molecule has 0 amide bonds. The molecule has 0 bridgehead atoms. The van der Waals surface area contributed by atoms with Crippen molar-refractivity contribution in [2.24, 2.45) is 0 Å². The molecule has 0 aliphatic carbocycles. The van der Waals surface area contributed by atoms with Gasteiger partial charge in [-0.15, -0.1) is 0 Å². The Hall–Kier alpha value is -0.240. The van der Waals surface area contributed by atoms with E-state index in [-0.39, 0.29) is 0 Å². The first kappa shape index (κ1) is 16.1. The van der Waals surface area contributed by atoms with Crippen molar-refractivity contribution >= 4 is 0 Å². The fourth-order valence-corrected chi connectivity index (χ4v) is 1.61. The number of epoxide rings is 2. The lowest BCUT2D eigenvalue weighted by atomic mass is 10.4. The molecule has 6 heteroatoms. The average molecular weight is 290 g/mol. The number of rotatable bonds is 15. The van der Waals surface area contributed by atoms with E-state index in [2.05, 4.69) is 0 Å². The Bertz CT molecular complexity index is 206. The summed E-state index contributed by atoms with van der Waals surface area (Å²) < 4.78 is 31.8. The molecule has 0 aromatic rings. The minimum absolute atomic E-state index is 0.352. The average Bonchev–Trinajstić information content (AvgIpc) is 3.34. The summed E-state index contributed by atoms with van der Waals surface area (Å²) in [5.74, 6) is 0. The Morgan fingerprint density at radius 3 is 1.40 bits per heavy atom. The zero-order valence-electron chi connectivity index (χ0n) is 12.1. The van der Waals surface area contributed by atoms with Gasteiger partial charge in [0.25, 0.3) is 0 Å². The van der Waals surface area contributed by atoms with Gasteiger partial charge in [0.2, 0.25) is 0 Å². The lowest BCUT2D eigenvalue weighted by Crippen LogP contribution is -2.10. The van der Waals surface area contributed by atoms with Gasteiger partial charge in [-0.1, -0.05) is 0 Å². The maximum atomic E-state index is 5.44. The summed E-state index contributed by atoms with van der Waals surface area (Å²) in [7, 11) is 0. The molecule has 2 aliphatic heterocycles. The van der Waals surface area contributed by atoms with Gasteiger partial charge in [-0.25, -0.2) is 0 Å². The van der Waals surface area contributed by atoms with Crippen molar-refractivity contribution in [3.8, 4) is 0 Å². The molecule has 2 saturated heterocycles. The van der Waals surface area contributed by atoms with Crippen molar-refractivity contribution in [1.82, 2.24) is 0 Å². The second-order valence-corrected chi connectivity index (χ2v) is 4.99. The van der Waals surface area contributed by atoms with Crippen LogP contribution in [0.3, 0.4) is 0 Å². The molecule has 2 atom stereocenters. The molecule has 0 aromatic heterocycles. The van der Waals surface area contributed by atoms with Crippen molar-refractivity contribution < 1.29 is 28.4 Å². The lowest BCUT2D eigenvalue weighted by Gasteiger charge is -2.06. The second kappa shape index (κ2) is 10.5. The monoisotopic (exact) mass is 290 g/mol. The topological polar surface area (TPSA) is 62.0 Å². The molecule has 6 nitrogen and oxygen atoms in total. The first-order chi connectivity index (χ1) is 9.95. The van der Waals surface area contributed by atoms with Gasteiger partial charge in [0.1, 0.15) is 12.2 Å². The molecule has 118 valence electrons. The predicted molar refractivity (Wildman–Crippen MR) is 72.0 cm³/mol.